The number of amides is 2. The van der Waals surface area contributed by atoms with E-state index in [0.717, 1.165) is 53.1 Å². The molecule has 0 radical (unpaired) electrons. The molecule has 0 aromatic heterocycles. The first-order valence-electron chi connectivity index (χ1n) is 15.8. The van der Waals surface area contributed by atoms with Crippen LogP contribution in [0.5, 0.6) is 0 Å². The number of nitrogens with one attached hydrogen (secondary N) is 1. The fraction of sp³-hybridized carbons (Fsp3) is 0.297. The number of sulfonamides is 1. The van der Waals surface area contributed by atoms with Crippen LogP contribution in [0.4, 0.5) is 5.69 Å². The van der Waals surface area contributed by atoms with Gasteiger partial charge in [0.1, 0.15) is 12.6 Å². The maximum absolute atomic E-state index is 14.6. The fourth-order valence-corrected chi connectivity index (χ4v) is 7.60. The smallest absolute Gasteiger partial charge is 0.264 e. The highest BCUT2D eigenvalue weighted by atomic mass is 35.5. The molecule has 0 bridgehead atoms. The Bertz CT molecular complexity index is 1760. The normalized spacial score (nSPS) is 14.3. The Hall–Kier alpha value is -3.85. The van der Waals surface area contributed by atoms with E-state index in [1.54, 1.807) is 18.2 Å². The van der Waals surface area contributed by atoms with Crippen molar-refractivity contribution in [1.82, 2.24) is 10.2 Å². The molecule has 47 heavy (non-hydrogen) atoms. The predicted molar refractivity (Wildman–Crippen MR) is 188 cm³/mol. The quantitative estimate of drug-likeness (QED) is 0.166. The predicted octanol–water partition coefficient (Wildman–Crippen LogP) is 7.59. The maximum atomic E-state index is 14.6. The van der Waals surface area contributed by atoms with E-state index < -0.39 is 28.5 Å². The van der Waals surface area contributed by atoms with Crippen molar-refractivity contribution >= 4 is 50.7 Å². The first-order chi connectivity index (χ1) is 22.6. The van der Waals surface area contributed by atoms with Crippen molar-refractivity contribution in [3.05, 3.63) is 130 Å². The molecule has 5 rings (SSSR count). The lowest BCUT2D eigenvalue weighted by Gasteiger charge is -2.35. The first kappa shape index (κ1) is 34.5. The molecule has 1 aliphatic carbocycles. The van der Waals surface area contributed by atoms with Gasteiger partial charge in [-0.15, -0.1) is 0 Å². The molecule has 0 saturated heterocycles. The largest absolute Gasteiger partial charge is 0.352 e. The van der Waals surface area contributed by atoms with Crippen LogP contribution in [0.15, 0.2) is 108 Å². The number of halogens is 2. The van der Waals surface area contributed by atoms with Crippen LogP contribution in [-0.2, 0) is 32.6 Å². The van der Waals surface area contributed by atoms with Gasteiger partial charge in [0.05, 0.1) is 10.6 Å². The second-order valence-corrected chi connectivity index (χ2v) is 14.7. The topological polar surface area (TPSA) is 86.8 Å². The molecule has 1 fully saturated rings. The van der Waals surface area contributed by atoms with Crippen molar-refractivity contribution in [2.75, 3.05) is 10.8 Å². The third-order valence-corrected chi connectivity index (χ3v) is 10.7. The molecule has 4 aromatic rings. The minimum Gasteiger partial charge on any atom is -0.352 e. The van der Waals surface area contributed by atoms with Crippen molar-refractivity contribution in [3.63, 3.8) is 0 Å². The Morgan fingerprint density at radius 3 is 2.15 bits per heavy atom. The lowest BCUT2D eigenvalue weighted by atomic mass is 9.94. The summed E-state index contributed by atoms with van der Waals surface area (Å²) >= 11 is 12.4. The third kappa shape index (κ3) is 9.15. The Labute approximate surface area is 287 Å². The summed E-state index contributed by atoms with van der Waals surface area (Å²) in [4.78, 5) is 30.3. The number of hydrogen-bond donors (Lipinski definition) is 1. The molecule has 1 saturated carbocycles. The lowest BCUT2D eigenvalue weighted by molar-refractivity contribution is -0.140. The highest BCUT2D eigenvalue weighted by Crippen LogP contribution is 2.28. The maximum Gasteiger partial charge on any atom is 0.264 e. The minimum atomic E-state index is -4.25. The molecule has 10 heteroatoms. The molecule has 0 spiro atoms. The highest BCUT2D eigenvalue weighted by molar-refractivity contribution is 7.92. The fourth-order valence-electron chi connectivity index (χ4n) is 5.88. The SMILES string of the molecule is Cc1ccc(CN(C(=O)CN(c2cccc(Cl)c2)S(=O)(=O)c2ccc(Cl)cc2)[C@@H](Cc2ccccc2)C(=O)NC2CCCCC2)cc1. The standard InChI is InChI=1S/C37H39Cl2N3O4S/c1-27-15-17-29(18-16-27)25-41(35(23-28-9-4-2-5-10-28)37(44)40-32-12-6-3-7-13-32)36(43)26-42(33-14-8-11-31(39)24-33)47(45,46)34-21-19-30(38)20-22-34/h2,4-5,8-11,14-22,24,32,35H,3,6-7,12-13,23,25-26H2,1H3,(H,40,44)/t35-/m0/s1. The first-order valence-corrected chi connectivity index (χ1v) is 18.0. The van der Waals surface area contributed by atoms with Crippen LogP contribution in [0, 0.1) is 6.92 Å². The average molecular weight is 693 g/mol. The Kier molecular flexibility index (Phi) is 11.6. The summed E-state index contributed by atoms with van der Waals surface area (Å²) in [6.45, 7) is 1.53. The van der Waals surface area contributed by atoms with Gasteiger partial charge in [0, 0.05) is 29.1 Å². The van der Waals surface area contributed by atoms with Crippen molar-refractivity contribution in [3.8, 4) is 0 Å². The monoisotopic (exact) mass is 691 g/mol. The second-order valence-electron chi connectivity index (χ2n) is 12.0. The van der Waals surface area contributed by atoms with E-state index in [9.17, 15) is 18.0 Å². The summed E-state index contributed by atoms with van der Waals surface area (Å²) in [5, 5.41) is 3.93. The summed E-state index contributed by atoms with van der Waals surface area (Å²) in [7, 11) is -4.25. The van der Waals surface area contributed by atoms with Gasteiger partial charge in [0.15, 0.2) is 0 Å². The number of hydrogen-bond acceptors (Lipinski definition) is 4. The van der Waals surface area contributed by atoms with E-state index in [1.165, 1.54) is 35.2 Å². The van der Waals surface area contributed by atoms with Gasteiger partial charge in [-0.05, 0) is 73.4 Å². The van der Waals surface area contributed by atoms with Crippen LogP contribution in [0.25, 0.3) is 0 Å². The van der Waals surface area contributed by atoms with Gasteiger partial charge < -0.3 is 10.2 Å². The van der Waals surface area contributed by atoms with Crippen LogP contribution < -0.4 is 9.62 Å². The zero-order chi connectivity index (χ0) is 33.4. The summed E-state index contributed by atoms with van der Waals surface area (Å²) in [5.74, 6) is -0.779. The number of carbonyl (C=O) groups excluding carboxylic acids is 2. The summed E-state index contributed by atoms with van der Waals surface area (Å²) in [5.41, 5.74) is 2.99. The molecule has 0 heterocycles. The van der Waals surface area contributed by atoms with Gasteiger partial charge >= 0.3 is 0 Å². The van der Waals surface area contributed by atoms with Gasteiger partial charge in [-0.2, -0.15) is 0 Å². The molecule has 1 aliphatic rings. The number of rotatable bonds is 12. The molecule has 7 nitrogen and oxygen atoms in total. The van der Waals surface area contributed by atoms with Crippen molar-refractivity contribution in [1.29, 1.82) is 0 Å². The summed E-state index contributed by atoms with van der Waals surface area (Å²) in [6, 6.07) is 28.6. The van der Waals surface area contributed by atoms with Gasteiger partial charge in [-0.3, -0.25) is 13.9 Å². The van der Waals surface area contributed by atoms with E-state index in [1.807, 2.05) is 61.5 Å². The van der Waals surface area contributed by atoms with Crippen LogP contribution in [0.2, 0.25) is 10.0 Å². The Morgan fingerprint density at radius 2 is 1.49 bits per heavy atom. The molecule has 0 aliphatic heterocycles. The van der Waals surface area contributed by atoms with E-state index in [0.29, 0.717) is 10.0 Å². The summed E-state index contributed by atoms with van der Waals surface area (Å²) in [6.07, 6.45) is 5.25. The molecular weight excluding hydrogens is 653 g/mol. The van der Waals surface area contributed by atoms with E-state index in [4.69, 9.17) is 23.2 Å². The zero-order valence-corrected chi connectivity index (χ0v) is 28.6. The summed E-state index contributed by atoms with van der Waals surface area (Å²) < 4.78 is 29.4. The number of nitrogens with zero attached hydrogens (tertiary/aromatic N) is 2. The molecule has 2 amide bonds. The lowest BCUT2D eigenvalue weighted by Crippen LogP contribution is -2.55. The second kappa shape index (κ2) is 15.8. The van der Waals surface area contributed by atoms with Crippen molar-refractivity contribution < 1.29 is 18.0 Å². The van der Waals surface area contributed by atoms with Gasteiger partial charge in [0.2, 0.25) is 11.8 Å². The number of anilines is 1. The van der Waals surface area contributed by atoms with Crippen LogP contribution in [0.3, 0.4) is 0 Å². The van der Waals surface area contributed by atoms with Crippen molar-refractivity contribution in [2.45, 2.75) is 69.0 Å². The molecular formula is C37H39Cl2N3O4S. The number of benzene rings is 4. The van der Waals surface area contributed by atoms with Crippen LogP contribution >= 0.6 is 23.2 Å². The van der Waals surface area contributed by atoms with Crippen molar-refractivity contribution in [2.24, 2.45) is 0 Å². The molecule has 1 atom stereocenters. The average Bonchev–Trinajstić information content (AvgIpc) is 3.07. The zero-order valence-electron chi connectivity index (χ0n) is 26.3. The van der Waals surface area contributed by atoms with Crippen LogP contribution in [-0.4, -0.2) is 43.8 Å². The highest BCUT2D eigenvalue weighted by Gasteiger charge is 2.35. The van der Waals surface area contributed by atoms with Gasteiger partial charge in [0.25, 0.3) is 10.0 Å². The molecule has 0 unspecified atom stereocenters. The Balaban J connectivity index is 1.56. The minimum absolute atomic E-state index is 0.0269. The molecule has 4 aromatic carbocycles. The van der Waals surface area contributed by atoms with E-state index in [-0.39, 0.29) is 35.5 Å². The van der Waals surface area contributed by atoms with Gasteiger partial charge in [-0.1, -0.05) is 109 Å². The van der Waals surface area contributed by atoms with E-state index in [2.05, 4.69) is 5.32 Å². The van der Waals surface area contributed by atoms with Crippen LogP contribution in [0.1, 0.15) is 48.8 Å². The molecule has 1 N–H and O–H groups in total. The van der Waals surface area contributed by atoms with E-state index >= 15 is 0 Å². The number of aryl methyl sites for hydroxylation is 1. The number of carbonyl (C=O) groups is 2. The van der Waals surface area contributed by atoms with Gasteiger partial charge in [-0.25, -0.2) is 8.42 Å². The Morgan fingerprint density at radius 1 is 0.809 bits per heavy atom. The molecule has 246 valence electrons. The third-order valence-electron chi connectivity index (χ3n) is 8.47.